The van der Waals surface area contributed by atoms with E-state index in [4.69, 9.17) is 9.47 Å². The third-order valence-corrected chi connectivity index (χ3v) is 4.83. The molecule has 1 aromatic carbocycles. The highest BCUT2D eigenvalue weighted by atomic mass is 16.5. The summed E-state index contributed by atoms with van der Waals surface area (Å²) in [6.45, 7) is 8.60. The number of hydrogen-bond donors (Lipinski definition) is 0. The predicted molar refractivity (Wildman–Crippen MR) is 95.4 cm³/mol. The first kappa shape index (κ1) is 16.9. The molecule has 0 spiro atoms. The fourth-order valence-electron chi connectivity index (χ4n) is 3.36. The summed E-state index contributed by atoms with van der Waals surface area (Å²) in [6.07, 6.45) is 6.81. The summed E-state index contributed by atoms with van der Waals surface area (Å²) < 4.78 is 11.6. The lowest BCUT2D eigenvalue weighted by Crippen LogP contribution is -2.36. The Labute approximate surface area is 144 Å². The maximum atomic E-state index is 12.4. The molecule has 24 heavy (non-hydrogen) atoms. The van der Waals surface area contributed by atoms with Crippen LogP contribution >= 0.6 is 0 Å². The van der Waals surface area contributed by atoms with Crippen LogP contribution in [0.15, 0.2) is 18.2 Å². The van der Waals surface area contributed by atoms with Crippen molar-refractivity contribution < 1.29 is 14.3 Å². The van der Waals surface area contributed by atoms with E-state index in [0.717, 1.165) is 55.3 Å². The van der Waals surface area contributed by atoms with Gasteiger partial charge in [-0.15, -0.1) is 0 Å². The van der Waals surface area contributed by atoms with Gasteiger partial charge in [0, 0.05) is 36.7 Å². The van der Waals surface area contributed by atoms with E-state index in [1.54, 1.807) is 6.08 Å². The summed E-state index contributed by atoms with van der Waals surface area (Å²) >= 11 is 0. The van der Waals surface area contributed by atoms with Crippen molar-refractivity contribution in [1.82, 2.24) is 4.90 Å². The second-order valence-electron chi connectivity index (χ2n) is 6.90. The molecule has 1 aromatic rings. The molecular formula is C20H27NO3. The highest BCUT2D eigenvalue weighted by molar-refractivity contribution is 5.92. The maximum Gasteiger partial charge on any atom is 0.246 e. The molecule has 0 bridgehead atoms. The second-order valence-corrected chi connectivity index (χ2v) is 6.90. The molecule has 0 aromatic heterocycles. The van der Waals surface area contributed by atoms with Crippen molar-refractivity contribution in [2.45, 2.75) is 46.1 Å². The molecule has 0 saturated carbocycles. The number of fused-ring (bicyclic) bond motifs is 1. The van der Waals surface area contributed by atoms with Crippen LogP contribution in [-0.2, 0) is 11.2 Å². The maximum absolute atomic E-state index is 12.4. The van der Waals surface area contributed by atoms with Gasteiger partial charge in [-0.25, -0.2) is 0 Å². The Morgan fingerprint density at radius 2 is 2.08 bits per heavy atom. The number of hydrogen-bond acceptors (Lipinski definition) is 3. The normalized spacial score (nSPS) is 21.0. The Morgan fingerprint density at radius 3 is 2.79 bits per heavy atom. The minimum atomic E-state index is 0.0825. The van der Waals surface area contributed by atoms with Crippen LogP contribution in [0.2, 0.25) is 0 Å². The number of carbonyl (C=O) groups is 1. The van der Waals surface area contributed by atoms with Crippen LogP contribution in [0, 0.1) is 5.92 Å². The van der Waals surface area contributed by atoms with Gasteiger partial charge >= 0.3 is 0 Å². The van der Waals surface area contributed by atoms with E-state index in [1.807, 2.05) is 24.0 Å². The van der Waals surface area contributed by atoms with Crippen LogP contribution in [-0.4, -0.2) is 36.6 Å². The minimum Gasteiger partial charge on any atom is -0.493 e. The molecule has 130 valence electrons. The molecule has 1 unspecified atom stereocenters. The molecule has 1 fully saturated rings. The fraction of sp³-hybridized carbons (Fsp3) is 0.550. The van der Waals surface area contributed by atoms with E-state index < -0.39 is 0 Å². The van der Waals surface area contributed by atoms with Crippen LogP contribution in [0.4, 0.5) is 0 Å². The summed E-state index contributed by atoms with van der Waals surface area (Å²) in [5, 5.41) is 0. The molecule has 1 saturated heterocycles. The molecule has 2 aliphatic heterocycles. The number of rotatable bonds is 4. The van der Waals surface area contributed by atoms with E-state index in [9.17, 15) is 4.79 Å². The number of nitrogens with zero attached hydrogens (tertiary/aromatic N) is 1. The molecule has 0 aliphatic carbocycles. The average Bonchev–Trinajstić information content (AvgIpc) is 2.92. The van der Waals surface area contributed by atoms with Crippen molar-refractivity contribution in [2.24, 2.45) is 5.92 Å². The lowest BCUT2D eigenvalue weighted by atomic mass is 9.99. The molecule has 1 amide bonds. The van der Waals surface area contributed by atoms with Crippen molar-refractivity contribution in [3.8, 4) is 11.5 Å². The molecule has 0 N–H and O–H groups in total. The molecule has 1 atom stereocenters. The largest absolute Gasteiger partial charge is 0.493 e. The van der Waals surface area contributed by atoms with Crippen LogP contribution in [0.1, 0.15) is 44.7 Å². The number of carbonyl (C=O) groups excluding carboxylic acids is 1. The Kier molecular flexibility index (Phi) is 5.12. The smallest absolute Gasteiger partial charge is 0.246 e. The molecule has 2 heterocycles. The van der Waals surface area contributed by atoms with Gasteiger partial charge in [0.25, 0.3) is 0 Å². The number of benzene rings is 1. The van der Waals surface area contributed by atoms with Crippen LogP contribution in [0.25, 0.3) is 6.08 Å². The Bertz CT molecular complexity index is 630. The van der Waals surface area contributed by atoms with E-state index in [2.05, 4.69) is 19.9 Å². The summed E-state index contributed by atoms with van der Waals surface area (Å²) in [6, 6.07) is 4.04. The molecule has 0 radical (unpaired) electrons. The summed E-state index contributed by atoms with van der Waals surface area (Å²) in [5.74, 6) is 2.53. The molecule has 4 heteroatoms. The predicted octanol–water partition coefficient (Wildman–Crippen LogP) is 3.68. The lowest BCUT2D eigenvalue weighted by Gasteiger charge is -2.29. The van der Waals surface area contributed by atoms with E-state index in [0.29, 0.717) is 6.61 Å². The quantitative estimate of drug-likeness (QED) is 0.791. The summed E-state index contributed by atoms with van der Waals surface area (Å²) in [4.78, 5) is 14.3. The van der Waals surface area contributed by atoms with Gasteiger partial charge in [0.1, 0.15) is 17.6 Å². The van der Waals surface area contributed by atoms with Crippen molar-refractivity contribution in [3.63, 3.8) is 0 Å². The zero-order valence-electron chi connectivity index (χ0n) is 14.9. The van der Waals surface area contributed by atoms with Gasteiger partial charge in [-0.3, -0.25) is 4.79 Å². The highest BCUT2D eigenvalue weighted by Gasteiger charge is 2.22. The number of ether oxygens (including phenoxy) is 2. The Morgan fingerprint density at radius 1 is 1.33 bits per heavy atom. The topological polar surface area (TPSA) is 38.8 Å². The van der Waals surface area contributed by atoms with Crippen LogP contribution in [0.3, 0.4) is 0 Å². The van der Waals surface area contributed by atoms with Gasteiger partial charge in [-0.1, -0.05) is 6.92 Å². The van der Waals surface area contributed by atoms with E-state index in [-0.39, 0.29) is 12.0 Å². The third kappa shape index (κ3) is 3.74. The van der Waals surface area contributed by atoms with Crippen molar-refractivity contribution in [1.29, 1.82) is 0 Å². The summed E-state index contributed by atoms with van der Waals surface area (Å²) in [7, 11) is 0. The summed E-state index contributed by atoms with van der Waals surface area (Å²) in [5.41, 5.74) is 2.09. The zero-order chi connectivity index (χ0) is 17.1. The molecule has 2 aliphatic rings. The van der Waals surface area contributed by atoms with Gasteiger partial charge in [0.05, 0.1) is 6.61 Å². The number of piperidine rings is 1. The van der Waals surface area contributed by atoms with Gasteiger partial charge in [-0.2, -0.15) is 0 Å². The van der Waals surface area contributed by atoms with Gasteiger partial charge in [0.15, 0.2) is 0 Å². The van der Waals surface area contributed by atoms with Crippen LogP contribution in [0.5, 0.6) is 11.5 Å². The van der Waals surface area contributed by atoms with Crippen LogP contribution < -0.4 is 9.47 Å². The first-order valence-electron chi connectivity index (χ1n) is 9.00. The highest BCUT2D eigenvalue weighted by Crippen LogP contribution is 2.35. The van der Waals surface area contributed by atoms with Gasteiger partial charge in [0.2, 0.25) is 5.91 Å². The Balaban J connectivity index is 1.76. The lowest BCUT2D eigenvalue weighted by molar-refractivity contribution is -0.127. The zero-order valence-corrected chi connectivity index (χ0v) is 14.9. The molecule has 3 rings (SSSR count). The van der Waals surface area contributed by atoms with E-state index >= 15 is 0 Å². The van der Waals surface area contributed by atoms with Crippen molar-refractivity contribution >= 4 is 12.0 Å². The van der Waals surface area contributed by atoms with Crippen molar-refractivity contribution in [2.75, 3.05) is 19.7 Å². The fourth-order valence-corrected chi connectivity index (χ4v) is 3.36. The average molecular weight is 329 g/mol. The minimum absolute atomic E-state index is 0.0825. The Hall–Kier alpha value is -1.97. The second kappa shape index (κ2) is 7.29. The number of likely N-dealkylation sites (tertiary alicyclic amines) is 1. The number of amides is 1. The monoisotopic (exact) mass is 329 g/mol. The SMILES string of the molecule is CCOc1cc2c(cc1/C=C/C(=O)N1CCC(C)CC1)OC(C)C2. The molecule has 4 nitrogen and oxygen atoms in total. The van der Waals surface area contributed by atoms with E-state index in [1.165, 1.54) is 5.56 Å². The van der Waals surface area contributed by atoms with Crippen molar-refractivity contribution in [3.05, 3.63) is 29.3 Å². The third-order valence-electron chi connectivity index (χ3n) is 4.83. The van der Waals surface area contributed by atoms with Gasteiger partial charge < -0.3 is 14.4 Å². The standard InChI is InChI=1S/C20H27NO3/c1-4-23-18-13-17-11-15(3)24-19(17)12-16(18)5-6-20(22)21-9-7-14(2)8-10-21/h5-6,12-15H,4,7-11H2,1-3H3/b6-5+. The van der Waals surface area contributed by atoms with Gasteiger partial charge in [-0.05, 0) is 50.8 Å². The first-order valence-corrected chi connectivity index (χ1v) is 9.00. The molecular weight excluding hydrogens is 302 g/mol. The first-order chi connectivity index (χ1) is 11.6.